The van der Waals surface area contributed by atoms with Crippen LogP contribution in [0.5, 0.6) is 0 Å². The standard InChI is InChI=1S/C12H14N2OS/c13-9-7-15-6-8(9)5-12-14-10-3-1-2-4-11(10)16-12/h1-4,8-9H,5-7,13H2/t8-,9+/m0/s1. The molecule has 1 aliphatic rings. The highest BCUT2D eigenvalue weighted by molar-refractivity contribution is 7.18. The van der Waals surface area contributed by atoms with Crippen molar-refractivity contribution in [2.24, 2.45) is 11.7 Å². The summed E-state index contributed by atoms with van der Waals surface area (Å²) in [7, 11) is 0. The van der Waals surface area contributed by atoms with Gasteiger partial charge in [-0.3, -0.25) is 0 Å². The van der Waals surface area contributed by atoms with E-state index in [0.717, 1.165) is 18.5 Å². The van der Waals surface area contributed by atoms with Gasteiger partial charge in [0.15, 0.2) is 0 Å². The summed E-state index contributed by atoms with van der Waals surface area (Å²) in [6.07, 6.45) is 0.945. The number of rotatable bonds is 2. The van der Waals surface area contributed by atoms with Crippen LogP contribution in [0.4, 0.5) is 0 Å². The van der Waals surface area contributed by atoms with Crippen molar-refractivity contribution in [3.63, 3.8) is 0 Å². The van der Waals surface area contributed by atoms with Crippen LogP contribution in [0.3, 0.4) is 0 Å². The minimum Gasteiger partial charge on any atom is -0.379 e. The topological polar surface area (TPSA) is 48.1 Å². The Balaban J connectivity index is 1.83. The van der Waals surface area contributed by atoms with E-state index in [4.69, 9.17) is 10.5 Å². The Labute approximate surface area is 98.2 Å². The van der Waals surface area contributed by atoms with E-state index in [-0.39, 0.29) is 6.04 Å². The van der Waals surface area contributed by atoms with Crippen LogP contribution in [0, 0.1) is 5.92 Å². The van der Waals surface area contributed by atoms with Gasteiger partial charge in [0.05, 0.1) is 28.4 Å². The van der Waals surface area contributed by atoms with Crippen molar-refractivity contribution in [1.29, 1.82) is 0 Å². The Morgan fingerprint density at radius 1 is 1.38 bits per heavy atom. The zero-order valence-corrected chi connectivity index (χ0v) is 9.74. The van der Waals surface area contributed by atoms with Gasteiger partial charge in [-0.15, -0.1) is 11.3 Å². The second kappa shape index (κ2) is 4.13. The summed E-state index contributed by atoms with van der Waals surface area (Å²) in [5, 5.41) is 1.17. The van der Waals surface area contributed by atoms with E-state index in [1.165, 1.54) is 9.71 Å². The molecule has 0 radical (unpaired) electrons. The summed E-state index contributed by atoms with van der Waals surface area (Å²) in [5.41, 5.74) is 7.07. The molecule has 2 atom stereocenters. The quantitative estimate of drug-likeness (QED) is 0.862. The highest BCUT2D eigenvalue weighted by Crippen LogP contribution is 2.25. The second-order valence-corrected chi connectivity index (χ2v) is 5.36. The third-order valence-corrected chi connectivity index (χ3v) is 4.08. The second-order valence-electron chi connectivity index (χ2n) is 4.24. The first-order valence-corrected chi connectivity index (χ1v) is 6.32. The molecule has 0 saturated carbocycles. The van der Waals surface area contributed by atoms with Gasteiger partial charge in [0.2, 0.25) is 0 Å². The number of hydrogen-bond acceptors (Lipinski definition) is 4. The number of nitrogens with two attached hydrogens (primary N) is 1. The van der Waals surface area contributed by atoms with Gasteiger partial charge in [-0.2, -0.15) is 0 Å². The highest BCUT2D eigenvalue weighted by Gasteiger charge is 2.25. The number of aromatic nitrogens is 1. The van der Waals surface area contributed by atoms with E-state index in [1.54, 1.807) is 11.3 Å². The molecule has 1 aliphatic heterocycles. The summed E-state index contributed by atoms with van der Waals surface area (Å²) < 4.78 is 6.62. The normalized spacial score (nSPS) is 25.3. The van der Waals surface area contributed by atoms with Gasteiger partial charge in [0.25, 0.3) is 0 Å². The molecule has 84 valence electrons. The predicted octanol–water partition coefficient (Wildman–Crippen LogP) is 1.81. The lowest BCUT2D eigenvalue weighted by Crippen LogP contribution is -2.29. The van der Waals surface area contributed by atoms with Gasteiger partial charge in [-0.25, -0.2) is 4.98 Å². The minimum absolute atomic E-state index is 0.173. The van der Waals surface area contributed by atoms with Crippen molar-refractivity contribution in [2.45, 2.75) is 12.5 Å². The van der Waals surface area contributed by atoms with Crippen LogP contribution in [0.15, 0.2) is 24.3 Å². The highest BCUT2D eigenvalue weighted by atomic mass is 32.1. The molecule has 0 unspecified atom stereocenters. The minimum atomic E-state index is 0.173. The van der Waals surface area contributed by atoms with Gasteiger partial charge >= 0.3 is 0 Å². The molecule has 1 saturated heterocycles. The SMILES string of the molecule is N[C@@H]1COC[C@@H]1Cc1nc2ccccc2s1. The maximum absolute atomic E-state index is 5.97. The van der Waals surface area contributed by atoms with Crippen LogP contribution in [0.25, 0.3) is 10.2 Å². The molecule has 0 spiro atoms. The number of fused-ring (bicyclic) bond motifs is 1. The molecule has 0 aliphatic carbocycles. The van der Waals surface area contributed by atoms with E-state index >= 15 is 0 Å². The van der Waals surface area contributed by atoms with Gasteiger partial charge in [0.1, 0.15) is 0 Å². The Morgan fingerprint density at radius 3 is 3.00 bits per heavy atom. The van der Waals surface area contributed by atoms with Crippen LogP contribution >= 0.6 is 11.3 Å². The van der Waals surface area contributed by atoms with E-state index in [2.05, 4.69) is 23.2 Å². The molecule has 2 N–H and O–H groups in total. The summed E-state index contributed by atoms with van der Waals surface area (Å²) in [6, 6.07) is 8.42. The number of hydrogen-bond donors (Lipinski definition) is 1. The van der Waals surface area contributed by atoms with Crippen LogP contribution in [0.1, 0.15) is 5.01 Å². The zero-order valence-electron chi connectivity index (χ0n) is 8.93. The van der Waals surface area contributed by atoms with Crippen molar-refractivity contribution < 1.29 is 4.74 Å². The van der Waals surface area contributed by atoms with Crippen molar-refractivity contribution in [3.05, 3.63) is 29.3 Å². The Morgan fingerprint density at radius 2 is 2.25 bits per heavy atom. The number of nitrogens with zero attached hydrogens (tertiary/aromatic N) is 1. The van der Waals surface area contributed by atoms with Crippen molar-refractivity contribution in [3.8, 4) is 0 Å². The molecule has 1 fully saturated rings. The van der Waals surface area contributed by atoms with Crippen molar-refractivity contribution >= 4 is 21.6 Å². The molecular weight excluding hydrogens is 220 g/mol. The van der Waals surface area contributed by atoms with Gasteiger partial charge in [-0.05, 0) is 12.1 Å². The Hall–Kier alpha value is -0.970. The van der Waals surface area contributed by atoms with Crippen LogP contribution in [-0.4, -0.2) is 24.2 Å². The summed E-state index contributed by atoms with van der Waals surface area (Å²) in [5.74, 6) is 0.431. The third-order valence-electron chi connectivity index (χ3n) is 3.02. The Bertz CT molecular complexity index is 463. The molecule has 1 aromatic carbocycles. The number of benzene rings is 1. The van der Waals surface area contributed by atoms with Gasteiger partial charge in [0, 0.05) is 18.4 Å². The maximum Gasteiger partial charge on any atom is 0.0942 e. The van der Waals surface area contributed by atoms with Crippen molar-refractivity contribution in [2.75, 3.05) is 13.2 Å². The Kier molecular flexibility index (Phi) is 2.63. The first kappa shape index (κ1) is 10.2. The maximum atomic E-state index is 5.97. The first-order chi connectivity index (χ1) is 7.83. The zero-order chi connectivity index (χ0) is 11.0. The van der Waals surface area contributed by atoms with Gasteiger partial charge < -0.3 is 10.5 Å². The van der Waals surface area contributed by atoms with E-state index in [1.807, 2.05) is 6.07 Å². The molecule has 3 nitrogen and oxygen atoms in total. The summed E-state index contributed by atoms with van der Waals surface area (Å²) in [6.45, 7) is 1.46. The predicted molar refractivity (Wildman–Crippen MR) is 65.6 cm³/mol. The molecule has 0 amide bonds. The van der Waals surface area contributed by atoms with Crippen molar-refractivity contribution in [1.82, 2.24) is 4.98 Å². The molecule has 0 bridgehead atoms. The van der Waals surface area contributed by atoms with E-state index in [0.29, 0.717) is 12.5 Å². The van der Waals surface area contributed by atoms with Gasteiger partial charge in [-0.1, -0.05) is 12.1 Å². The first-order valence-electron chi connectivity index (χ1n) is 5.51. The summed E-state index contributed by atoms with van der Waals surface area (Å²) in [4.78, 5) is 4.62. The molecule has 4 heteroatoms. The molecular formula is C12H14N2OS. The number of thiazole rings is 1. The van der Waals surface area contributed by atoms with Crippen LogP contribution in [0.2, 0.25) is 0 Å². The average molecular weight is 234 g/mol. The molecule has 16 heavy (non-hydrogen) atoms. The average Bonchev–Trinajstić information content (AvgIpc) is 2.85. The lowest BCUT2D eigenvalue weighted by atomic mass is 10.0. The van der Waals surface area contributed by atoms with Crippen LogP contribution in [-0.2, 0) is 11.2 Å². The number of para-hydroxylation sites is 1. The van der Waals surface area contributed by atoms with E-state index in [9.17, 15) is 0 Å². The lowest BCUT2D eigenvalue weighted by molar-refractivity contribution is 0.184. The lowest BCUT2D eigenvalue weighted by Gasteiger charge is -2.09. The molecule has 3 rings (SSSR count). The monoisotopic (exact) mass is 234 g/mol. The fourth-order valence-electron chi connectivity index (χ4n) is 2.06. The van der Waals surface area contributed by atoms with Crippen LogP contribution < -0.4 is 5.73 Å². The fraction of sp³-hybridized carbons (Fsp3) is 0.417. The largest absolute Gasteiger partial charge is 0.379 e. The fourth-order valence-corrected chi connectivity index (χ4v) is 3.12. The molecule has 2 aromatic rings. The molecule has 1 aromatic heterocycles. The smallest absolute Gasteiger partial charge is 0.0942 e. The summed E-state index contributed by atoms with van der Waals surface area (Å²) >= 11 is 1.76. The molecule has 2 heterocycles. The van der Waals surface area contributed by atoms with E-state index < -0.39 is 0 Å². The number of ether oxygens (including phenoxy) is 1. The third kappa shape index (κ3) is 1.84.